The van der Waals surface area contributed by atoms with Gasteiger partial charge in [0.15, 0.2) is 5.75 Å². The second-order valence-corrected chi connectivity index (χ2v) is 8.99. The number of aryl methyl sites for hydroxylation is 1. The first-order valence-corrected chi connectivity index (χ1v) is 11.9. The third-order valence-electron chi connectivity index (χ3n) is 5.88. The standard InChI is InChI=1S/C25H27ClF2N6O3/c1-16-4-5-17(26)14-20(16)37-25(35)33(3)22-8-9-29-24(31-22)30-18-6-7-19(21(15-18)36-23(27)28)34-12-10-32(2)11-13-34/h4-9,14-15,23H,10-13H2,1-3H3,(H,29,30,31). The van der Waals surface area contributed by atoms with E-state index in [-0.39, 0.29) is 17.5 Å². The van der Waals surface area contributed by atoms with E-state index in [9.17, 15) is 13.6 Å². The largest absolute Gasteiger partial charge is 0.433 e. The highest BCUT2D eigenvalue weighted by Crippen LogP contribution is 2.34. The molecule has 3 aromatic rings. The molecule has 1 fully saturated rings. The van der Waals surface area contributed by atoms with Crippen molar-refractivity contribution >= 4 is 40.8 Å². The number of carbonyl (C=O) groups is 1. The number of anilines is 4. The molecule has 1 aliphatic rings. The fourth-order valence-electron chi connectivity index (χ4n) is 3.76. The third-order valence-corrected chi connectivity index (χ3v) is 6.12. The summed E-state index contributed by atoms with van der Waals surface area (Å²) in [5.41, 5.74) is 1.79. The number of hydrogen-bond donors (Lipinski definition) is 1. The lowest BCUT2D eigenvalue weighted by Crippen LogP contribution is -2.44. The molecule has 4 rings (SSSR count). The van der Waals surface area contributed by atoms with E-state index >= 15 is 0 Å². The first kappa shape index (κ1) is 26.4. The molecule has 12 heteroatoms. The van der Waals surface area contributed by atoms with Gasteiger partial charge in [-0.25, -0.2) is 9.78 Å². The Labute approximate surface area is 218 Å². The maximum atomic E-state index is 13.2. The first-order chi connectivity index (χ1) is 17.7. The average Bonchev–Trinajstić information content (AvgIpc) is 2.86. The summed E-state index contributed by atoms with van der Waals surface area (Å²) in [6.45, 7) is 1.87. The summed E-state index contributed by atoms with van der Waals surface area (Å²) in [5, 5.41) is 3.43. The monoisotopic (exact) mass is 532 g/mol. The zero-order chi connectivity index (χ0) is 26.5. The minimum atomic E-state index is -2.97. The average molecular weight is 533 g/mol. The summed E-state index contributed by atoms with van der Waals surface area (Å²) in [7, 11) is 3.53. The molecular formula is C25H27ClF2N6O3. The van der Waals surface area contributed by atoms with E-state index in [0.29, 0.717) is 35.2 Å². The van der Waals surface area contributed by atoms with E-state index in [2.05, 4.69) is 20.2 Å². The van der Waals surface area contributed by atoms with E-state index in [1.807, 2.05) is 11.9 Å². The third kappa shape index (κ3) is 6.75. The molecule has 1 amide bonds. The molecule has 0 bridgehead atoms. The molecule has 2 heterocycles. The van der Waals surface area contributed by atoms with Crippen LogP contribution in [-0.2, 0) is 0 Å². The van der Waals surface area contributed by atoms with Crippen LogP contribution in [0.2, 0.25) is 5.02 Å². The Kier molecular flexibility index (Phi) is 8.24. The van der Waals surface area contributed by atoms with Crippen LogP contribution >= 0.6 is 11.6 Å². The highest BCUT2D eigenvalue weighted by Gasteiger charge is 2.21. The molecule has 37 heavy (non-hydrogen) atoms. The highest BCUT2D eigenvalue weighted by molar-refractivity contribution is 6.30. The number of nitrogens with one attached hydrogen (secondary N) is 1. The molecule has 0 unspecified atom stereocenters. The van der Waals surface area contributed by atoms with Gasteiger partial charge in [-0.05, 0) is 49.9 Å². The molecule has 0 spiro atoms. The number of aromatic nitrogens is 2. The van der Waals surface area contributed by atoms with E-state index in [4.69, 9.17) is 21.1 Å². The lowest BCUT2D eigenvalue weighted by molar-refractivity contribution is -0.0495. The van der Waals surface area contributed by atoms with Crippen LogP contribution < -0.4 is 24.6 Å². The number of benzene rings is 2. The maximum absolute atomic E-state index is 13.2. The number of nitrogens with zero attached hydrogens (tertiary/aromatic N) is 5. The number of rotatable bonds is 7. The van der Waals surface area contributed by atoms with Gasteiger partial charge in [-0.1, -0.05) is 17.7 Å². The Morgan fingerprint density at radius 1 is 1.11 bits per heavy atom. The number of alkyl halides is 2. The van der Waals surface area contributed by atoms with Crippen molar-refractivity contribution in [2.24, 2.45) is 0 Å². The quantitative estimate of drug-likeness (QED) is 0.446. The Morgan fingerprint density at radius 3 is 2.59 bits per heavy atom. The Bertz CT molecular complexity index is 1260. The fraction of sp³-hybridized carbons (Fsp3) is 0.320. The lowest BCUT2D eigenvalue weighted by atomic mass is 10.2. The molecule has 0 saturated carbocycles. The summed E-state index contributed by atoms with van der Waals surface area (Å²) < 4.78 is 36.6. The second kappa shape index (κ2) is 11.6. The number of piperazine rings is 1. The first-order valence-electron chi connectivity index (χ1n) is 11.5. The molecule has 1 aliphatic heterocycles. The predicted molar refractivity (Wildman–Crippen MR) is 139 cm³/mol. The normalized spacial score (nSPS) is 14.0. The topological polar surface area (TPSA) is 83.1 Å². The molecule has 0 radical (unpaired) electrons. The molecule has 1 saturated heterocycles. The van der Waals surface area contributed by atoms with Gasteiger partial charge < -0.3 is 24.6 Å². The number of ether oxygens (including phenoxy) is 2. The van der Waals surface area contributed by atoms with Gasteiger partial charge in [0, 0.05) is 56.2 Å². The van der Waals surface area contributed by atoms with Gasteiger partial charge in [0.2, 0.25) is 5.95 Å². The lowest BCUT2D eigenvalue weighted by Gasteiger charge is -2.34. The van der Waals surface area contributed by atoms with Crippen molar-refractivity contribution in [2.75, 3.05) is 55.4 Å². The summed E-state index contributed by atoms with van der Waals surface area (Å²) in [4.78, 5) is 26.6. The molecule has 0 aliphatic carbocycles. The Hall–Kier alpha value is -3.70. The van der Waals surface area contributed by atoms with Crippen LogP contribution in [0.25, 0.3) is 0 Å². The summed E-state index contributed by atoms with van der Waals surface area (Å²) >= 11 is 6.00. The molecular weight excluding hydrogens is 506 g/mol. The van der Waals surface area contributed by atoms with Crippen LogP contribution in [0.5, 0.6) is 11.5 Å². The van der Waals surface area contributed by atoms with E-state index in [0.717, 1.165) is 18.7 Å². The number of halogens is 3. The Morgan fingerprint density at radius 2 is 1.86 bits per heavy atom. The number of amides is 1. The minimum absolute atomic E-state index is 0.0540. The van der Waals surface area contributed by atoms with Crippen molar-refractivity contribution < 1.29 is 23.0 Å². The van der Waals surface area contributed by atoms with E-state index < -0.39 is 12.7 Å². The molecule has 0 atom stereocenters. The molecule has 9 nitrogen and oxygen atoms in total. The molecule has 1 N–H and O–H groups in total. The summed E-state index contributed by atoms with van der Waals surface area (Å²) in [5.74, 6) is 0.814. The van der Waals surface area contributed by atoms with Gasteiger partial charge >= 0.3 is 12.7 Å². The van der Waals surface area contributed by atoms with Gasteiger partial charge in [-0.3, -0.25) is 4.90 Å². The SMILES string of the molecule is Cc1ccc(Cl)cc1OC(=O)N(C)c1ccnc(Nc2ccc(N3CCN(C)CC3)c(OC(F)F)c2)n1. The van der Waals surface area contributed by atoms with Crippen molar-refractivity contribution in [2.45, 2.75) is 13.5 Å². The highest BCUT2D eigenvalue weighted by atomic mass is 35.5. The van der Waals surface area contributed by atoms with Crippen molar-refractivity contribution in [1.29, 1.82) is 0 Å². The minimum Gasteiger partial charge on any atom is -0.433 e. The van der Waals surface area contributed by atoms with Crippen molar-refractivity contribution in [3.05, 3.63) is 59.2 Å². The van der Waals surface area contributed by atoms with Crippen LogP contribution in [0.3, 0.4) is 0 Å². The summed E-state index contributed by atoms with van der Waals surface area (Å²) in [6, 6.07) is 11.5. The van der Waals surface area contributed by atoms with Crippen molar-refractivity contribution in [1.82, 2.24) is 14.9 Å². The van der Waals surface area contributed by atoms with Gasteiger partial charge in [-0.2, -0.15) is 13.8 Å². The maximum Gasteiger partial charge on any atom is 0.420 e. The smallest absolute Gasteiger partial charge is 0.420 e. The second-order valence-electron chi connectivity index (χ2n) is 8.55. The van der Waals surface area contributed by atoms with Crippen LogP contribution in [-0.4, -0.2) is 67.8 Å². The van der Waals surface area contributed by atoms with Gasteiger partial charge in [0.1, 0.15) is 11.6 Å². The van der Waals surface area contributed by atoms with E-state index in [1.165, 1.54) is 24.2 Å². The van der Waals surface area contributed by atoms with E-state index in [1.54, 1.807) is 43.3 Å². The van der Waals surface area contributed by atoms with Crippen molar-refractivity contribution in [3.63, 3.8) is 0 Å². The molecule has 1 aromatic heterocycles. The molecule has 196 valence electrons. The predicted octanol–water partition coefficient (Wildman–Crippen LogP) is 5.17. The number of likely N-dealkylation sites (N-methyl/N-ethyl adjacent to an activating group) is 1. The number of carbonyl (C=O) groups excluding carboxylic acids is 1. The van der Waals surface area contributed by atoms with Crippen LogP contribution in [0, 0.1) is 6.92 Å². The zero-order valence-corrected chi connectivity index (χ0v) is 21.4. The zero-order valence-electron chi connectivity index (χ0n) is 20.6. The van der Waals surface area contributed by atoms with Crippen molar-refractivity contribution in [3.8, 4) is 11.5 Å². The van der Waals surface area contributed by atoms with Gasteiger partial charge in [0.25, 0.3) is 0 Å². The molecule has 2 aromatic carbocycles. The van der Waals surface area contributed by atoms with Gasteiger partial charge in [-0.15, -0.1) is 0 Å². The van der Waals surface area contributed by atoms with Gasteiger partial charge in [0.05, 0.1) is 5.69 Å². The fourth-order valence-corrected chi connectivity index (χ4v) is 3.92. The summed E-state index contributed by atoms with van der Waals surface area (Å²) in [6.07, 6.45) is 0.799. The number of hydrogen-bond acceptors (Lipinski definition) is 8. The van der Waals surface area contributed by atoms with Crippen LogP contribution in [0.4, 0.5) is 36.7 Å². The Balaban J connectivity index is 1.50. The van der Waals surface area contributed by atoms with Crippen LogP contribution in [0.15, 0.2) is 48.7 Å². The van der Waals surface area contributed by atoms with Crippen LogP contribution in [0.1, 0.15) is 5.56 Å².